The molecule has 0 saturated heterocycles. The zero-order valence-corrected chi connectivity index (χ0v) is 12.1. The smallest absolute Gasteiger partial charge is 0.238 e. The molecular weight excluding hydrogens is 275 g/mol. The van der Waals surface area contributed by atoms with E-state index in [0.717, 1.165) is 0 Å². The molecule has 0 spiro atoms. The minimum atomic E-state index is -0.518. The fourth-order valence-corrected chi connectivity index (χ4v) is 1.57. The van der Waals surface area contributed by atoms with Crippen molar-refractivity contribution >= 4 is 11.6 Å². The number of hydrogen-bond donors (Lipinski definition) is 2. The molecule has 1 aromatic carbocycles. The summed E-state index contributed by atoms with van der Waals surface area (Å²) in [7, 11) is 0. The second kappa shape index (κ2) is 5.96. The molecule has 0 atom stereocenters. The van der Waals surface area contributed by atoms with Gasteiger partial charge in [-0.1, -0.05) is 0 Å². The Kier molecular flexibility index (Phi) is 4.27. The van der Waals surface area contributed by atoms with Crippen LogP contribution in [0.25, 0.3) is 5.69 Å². The lowest BCUT2D eigenvalue weighted by Crippen LogP contribution is -2.41. The highest BCUT2D eigenvalue weighted by Gasteiger charge is 2.13. The molecule has 2 N–H and O–H groups in total. The van der Waals surface area contributed by atoms with E-state index in [-0.39, 0.29) is 23.7 Å². The Morgan fingerprint density at radius 1 is 1.38 bits per heavy atom. The molecule has 0 aliphatic heterocycles. The van der Waals surface area contributed by atoms with Gasteiger partial charge in [-0.05, 0) is 49.4 Å². The number of aromatic nitrogens is 4. The maximum absolute atomic E-state index is 13.7. The second-order valence-electron chi connectivity index (χ2n) is 5.57. The maximum Gasteiger partial charge on any atom is 0.238 e. The molecule has 7 nitrogen and oxygen atoms in total. The Bertz CT molecular complexity index is 620. The fourth-order valence-electron chi connectivity index (χ4n) is 1.57. The van der Waals surface area contributed by atoms with E-state index in [1.165, 1.54) is 29.2 Å². The van der Waals surface area contributed by atoms with Crippen molar-refractivity contribution in [3.05, 3.63) is 30.3 Å². The molecule has 8 heteroatoms. The van der Waals surface area contributed by atoms with Gasteiger partial charge in [-0.25, -0.2) is 9.07 Å². The lowest BCUT2D eigenvalue weighted by molar-refractivity contribution is -0.115. The SMILES string of the molecule is CC(C)(C)NCC(=O)Nc1cc(-n2cnnn2)ccc1F. The van der Waals surface area contributed by atoms with E-state index in [0.29, 0.717) is 5.69 Å². The number of carbonyl (C=O) groups excluding carboxylic acids is 1. The van der Waals surface area contributed by atoms with Gasteiger partial charge in [0.15, 0.2) is 0 Å². The van der Waals surface area contributed by atoms with E-state index >= 15 is 0 Å². The van der Waals surface area contributed by atoms with Gasteiger partial charge in [0.05, 0.1) is 17.9 Å². The van der Waals surface area contributed by atoms with Crippen molar-refractivity contribution in [1.82, 2.24) is 25.5 Å². The minimum Gasteiger partial charge on any atom is -0.322 e. The summed E-state index contributed by atoms with van der Waals surface area (Å²) >= 11 is 0. The van der Waals surface area contributed by atoms with Crippen LogP contribution in [-0.2, 0) is 4.79 Å². The van der Waals surface area contributed by atoms with E-state index in [9.17, 15) is 9.18 Å². The summed E-state index contributed by atoms with van der Waals surface area (Å²) in [6, 6.07) is 4.25. The number of amides is 1. The van der Waals surface area contributed by atoms with Gasteiger partial charge >= 0.3 is 0 Å². The lowest BCUT2D eigenvalue weighted by atomic mass is 10.1. The summed E-state index contributed by atoms with van der Waals surface area (Å²) in [4.78, 5) is 11.8. The van der Waals surface area contributed by atoms with Crippen molar-refractivity contribution < 1.29 is 9.18 Å². The Morgan fingerprint density at radius 3 is 2.76 bits per heavy atom. The number of hydrogen-bond acceptors (Lipinski definition) is 5. The lowest BCUT2D eigenvalue weighted by Gasteiger charge is -2.20. The quantitative estimate of drug-likeness (QED) is 0.882. The molecule has 1 aromatic heterocycles. The molecule has 0 unspecified atom stereocenters. The van der Waals surface area contributed by atoms with Gasteiger partial charge in [-0.15, -0.1) is 5.10 Å². The Morgan fingerprint density at radius 2 is 2.14 bits per heavy atom. The highest BCUT2D eigenvalue weighted by Crippen LogP contribution is 2.18. The Hall–Kier alpha value is -2.35. The molecule has 0 aliphatic carbocycles. The maximum atomic E-state index is 13.7. The Labute approximate surface area is 121 Å². The summed E-state index contributed by atoms with van der Waals surface area (Å²) in [5.74, 6) is -0.839. The number of tetrazole rings is 1. The van der Waals surface area contributed by atoms with Gasteiger partial charge in [-0.3, -0.25) is 4.79 Å². The summed E-state index contributed by atoms with van der Waals surface area (Å²) in [6.07, 6.45) is 1.39. The van der Waals surface area contributed by atoms with Gasteiger partial charge in [0.1, 0.15) is 12.1 Å². The second-order valence-corrected chi connectivity index (χ2v) is 5.57. The van der Waals surface area contributed by atoms with Gasteiger partial charge in [0.2, 0.25) is 5.91 Å². The fraction of sp³-hybridized carbons (Fsp3) is 0.385. The molecule has 112 valence electrons. The predicted octanol–water partition coefficient (Wildman–Crippen LogP) is 1.13. The first kappa shape index (κ1) is 15.0. The minimum absolute atomic E-state index is 0.0868. The van der Waals surface area contributed by atoms with Crippen molar-refractivity contribution in [2.45, 2.75) is 26.3 Å². The van der Waals surface area contributed by atoms with E-state index in [1.54, 1.807) is 0 Å². The number of anilines is 1. The number of benzene rings is 1. The predicted molar refractivity (Wildman–Crippen MR) is 75.5 cm³/mol. The molecule has 21 heavy (non-hydrogen) atoms. The molecule has 0 radical (unpaired) electrons. The van der Waals surface area contributed by atoms with E-state index in [4.69, 9.17) is 0 Å². The van der Waals surface area contributed by atoms with E-state index in [1.807, 2.05) is 20.8 Å². The van der Waals surface area contributed by atoms with Crippen molar-refractivity contribution in [1.29, 1.82) is 0 Å². The van der Waals surface area contributed by atoms with Crippen LogP contribution in [-0.4, -0.2) is 38.2 Å². The highest BCUT2D eigenvalue weighted by atomic mass is 19.1. The van der Waals surface area contributed by atoms with Crippen LogP contribution in [0.2, 0.25) is 0 Å². The molecule has 0 fully saturated rings. The standard InChI is InChI=1S/C13H17FN6O/c1-13(2,3)15-7-12(21)17-11-6-9(4-5-10(11)14)20-8-16-18-19-20/h4-6,8,15H,7H2,1-3H3,(H,17,21). The van der Waals surface area contributed by atoms with Crippen LogP contribution in [0.15, 0.2) is 24.5 Å². The van der Waals surface area contributed by atoms with Gasteiger partial charge in [0, 0.05) is 5.54 Å². The van der Waals surface area contributed by atoms with Crippen molar-refractivity contribution in [3.8, 4) is 5.69 Å². The van der Waals surface area contributed by atoms with Crippen LogP contribution in [0.4, 0.5) is 10.1 Å². The van der Waals surface area contributed by atoms with E-state index < -0.39 is 5.82 Å². The highest BCUT2D eigenvalue weighted by molar-refractivity contribution is 5.92. The normalized spacial score (nSPS) is 11.4. The van der Waals surface area contributed by atoms with Crippen LogP contribution >= 0.6 is 0 Å². The number of rotatable bonds is 4. The zero-order chi connectivity index (χ0) is 15.5. The largest absolute Gasteiger partial charge is 0.322 e. The summed E-state index contributed by atoms with van der Waals surface area (Å²) in [6.45, 7) is 5.93. The van der Waals surface area contributed by atoms with Crippen LogP contribution in [0.5, 0.6) is 0 Å². The Balaban J connectivity index is 2.09. The number of halogens is 1. The van der Waals surface area contributed by atoms with Crippen molar-refractivity contribution in [2.75, 3.05) is 11.9 Å². The van der Waals surface area contributed by atoms with Crippen LogP contribution in [0.3, 0.4) is 0 Å². The average Bonchev–Trinajstić information content (AvgIpc) is 2.92. The number of carbonyl (C=O) groups is 1. The first-order valence-electron chi connectivity index (χ1n) is 6.43. The van der Waals surface area contributed by atoms with Gasteiger partial charge in [-0.2, -0.15) is 0 Å². The molecule has 0 saturated carbocycles. The zero-order valence-electron chi connectivity index (χ0n) is 12.1. The summed E-state index contributed by atoms with van der Waals surface area (Å²) < 4.78 is 15.1. The number of nitrogens with zero attached hydrogens (tertiary/aromatic N) is 4. The molecule has 0 aliphatic rings. The van der Waals surface area contributed by atoms with Crippen molar-refractivity contribution in [3.63, 3.8) is 0 Å². The molecule has 1 amide bonds. The molecule has 2 aromatic rings. The number of nitrogens with one attached hydrogen (secondary N) is 2. The van der Waals surface area contributed by atoms with Gasteiger partial charge in [0.25, 0.3) is 0 Å². The molecular formula is C13H17FN6O. The van der Waals surface area contributed by atoms with E-state index in [2.05, 4.69) is 26.2 Å². The topological polar surface area (TPSA) is 84.7 Å². The third kappa shape index (κ3) is 4.32. The van der Waals surface area contributed by atoms with Crippen LogP contribution in [0, 0.1) is 5.82 Å². The monoisotopic (exact) mass is 292 g/mol. The third-order valence-electron chi connectivity index (χ3n) is 2.62. The first-order valence-corrected chi connectivity index (χ1v) is 6.43. The molecule has 1 heterocycles. The van der Waals surface area contributed by atoms with Crippen molar-refractivity contribution in [2.24, 2.45) is 0 Å². The molecule has 0 bridgehead atoms. The van der Waals surface area contributed by atoms with Crippen LogP contribution < -0.4 is 10.6 Å². The first-order chi connectivity index (χ1) is 9.85. The molecule has 2 rings (SSSR count). The van der Waals surface area contributed by atoms with Crippen LogP contribution in [0.1, 0.15) is 20.8 Å². The third-order valence-corrected chi connectivity index (χ3v) is 2.62. The summed E-state index contributed by atoms with van der Waals surface area (Å²) in [5.41, 5.74) is 0.452. The average molecular weight is 292 g/mol. The van der Waals surface area contributed by atoms with Gasteiger partial charge < -0.3 is 10.6 Å². The summed E-state index contributed by atoms with van der Waals surface area (Å²) in [5, 5.41) is 16.3.